The number of hydrogen-bond donors (Lipinski definition) is 2. The number of ether oxygens (including phenoxy) is 1. The molecule has 0 spiro atoms. The van der Waals surface area contributed by atoms with Crippen molar-refractivity contribution in [3.63, 3.8) is 0 Å². The van der Waals surface area contributed by atoms with Gasteiger partial charge < -0.3 is 14.5 Å². The van der Waals surface area contributed by atoms with Crippen LogP contribution in [0.5, 0.6) is 0 Å². The number of sulfonamides is 1. The molecule has 0 saturated heterocycles. The topological polar surface area (TPSA) is 80.6 Å². The summed E-state index contributed by atoms with van der Waals surface area (Å²) in [4.78, 5) is 0.186. The molecule has 7 heteroatoms. The minimum Gasteiger partial charge on any atom is -0.464 e. The van der Waals surface area contributed by atoms with E-state index < -0.39 is 10.0 Å². The average molecular weight is 318 g/mol. The molecule has 1 rings (SSSR count). The molecule has 0 amide bonds. The molecule has 21 heavy (non-hydrogen) atoms. The van der Waals surface area contributed by atoms with Gasteiger partial charge in [-0.2, -0.15) is 0 Å². The van der Waals surface area contributed by atoms with Crippen LogP contribution in [0.2, 0.25) is 0 Å². The summed E-state index contributed by atoms with van der Waals surface area (Å²) in [7, 11) is -3.59. The second kappa shape index (κ2) is 7.93. The van der Waals surface area contributed by atoms with Gasteiger partial charge in [-0.1, -0.05) is 13.8 Å². The van der Waals surface area contributed by atoms with Crippen molar-refractivity contribution in [1.82, 2.24) is 10.0 Å². The molecule has 0 fully saturated rings. The van der Waals surface area contributed by atoms with Gasteiger partial charge in [-0.05, 0) is 20.8 Å². The third-order valence-corrected chi connectivity index (χ3v) is 4.52. The fourth-order valence-electron chi connectivity index (χ4n) is 1.84. The average Bonchev–Trinajstić information content (AvgIpc) is 2.75. The van der Waals surface area contributed by atoms with Crippen LogP contribution in [0, 0.1) is 6.92 Å². The molecule has 0 radical (unpaired) electrons. The highest BCUT2D eigenvalue weighted by Crippen LogP contribution is 2.20. The minimum absolute atomic E-state index is 0.186. The fraction of sp³-hybridized carbons (Fsp3) is 0.714. The Bertz CT molecular complexity index is 537. The van der Waals surface area contributed by atoms with Crippen molar-refractivity contribution in [3.05, 3.63) is 17.6 Å². The molecule has 0 aromatic carbocycles. The van der Waals surface area contributed by atoms with Gasteiger partial charge in [-0.3, -0.25) is 0 Å². The van der Waals surface area contributed by atoms with Gasteiger partial charge >= 0.3 is 0 Å². The second-order valence-corrected chi connectivity index (χ2v) is 7.03. The van der Waals surface area contributed by atoms with Crippen molar-refractivity contribution in [3.8, 4) is 0 Å². The number of aryl methyl sites for hydroxylation is 1. The first-order valence-electron chi connectivity index (χ1n) is 7.19. The molecular formula is C14H26N2O4S. The Balaban J connectivity index is 2.78. The molecule has 0 aliphatic rings. The van der Waals surface area contributed by atoms with Gasteiger partial charge in [0, 0.05) is 24.8 Å². The molecule has 0 aliphatic heterocycles. The zero-order valence-electron chi connectivity index (χ0n) is 13.4. The molecule has 0 bridgehead atoms. The molecule has 6 nitrogen and oxygen atoms in total. The maximum absolute atomic E-state index is 12.3. The predicted octanol–water partition coefficient (Wildman–Crippen LogP) is 1.79. The van der Waals surface area contributed by atoms with Crippen molar-refractivity contribution in [2.45, 2.75) is 58.1 Å². The standard InChI is InChI=1S/C14H26N2O4S/c1-6-19-9-11(4)16-21(17,18)14-7-13(20-12(14)5)8-15-10(2)3/h7,10-11,15-16H,6,8-9H2,1-5H3. The van der Waals surface area contributed by atoms with Gasteiger partial charge in [0.15, 0.2) is 0 Å². The molecule has 1 heterocycles. The van der Waals surface area contributed by atoms with Crippen molar-refractivity contribution in [1.29, 1.82) is 0 Å². The van der Waals surface area contributed by atoms with Gasteiger partial charge in [-0.15, -0.1) is 0 Å². The van der Waals surface area contributed by atoms with E-state index in [1.165, 1.54) is 0 Å². The third kappa shape index (κ3) is 5.78. The molecule has 1 unspecified atom stereocenters. The van der Waals surface area contributed by atoms with Crippen molar-refractivity contribution < 1.29 is 17.6 Å². The predicted molar refractivity (Wildman–Crippen MR) is 81.7 cm³/mol. The summed E-state index contributed by atoms with van der Waals surface area (Å²) in [5, 5.41) is 3.19. The van der Waals surface area contributed by atoms with Crippen LogP contribution in [0.1, 0.15) is 39.2 Å². The van der Waals surface area contributed by atoms with Gasteiger partial charge in [-0.25, -0.2) is 13.1 Å². The van der Waals surface area contributed by atoms with Crippen LogP contribution < -0.4 is 10.0 Å². The zero-order valence-corrected chi connectivity index (χ0v) is 14.2. The van der Waals surface area contributed by atoms with Crippen molar-refractivity contribution >= 4 is 10.0 Å². The molecular weight excluding hydrogens is 292 g/mol. The summed E-state index contributed by atoms with van der Waals surface area (Å²) in [5.41, 5.74) is 0. The monoisotopic (exact) mass is 318 g/mol. The largest absolute Gasteiger partial charge is 0.464 e. The normalized spacial score (nSPS) is 13.8. The van der Waals surface area contributed by atoms with Crippen molar-refractivity contribution in [2.24, 2.45) is 0 Å². The maximum Gasteiger partial charge on any atom is 0.244 e. The number of rotatable bonds is 9. The van der Waals surface area contributed by atoms with Gasteiger partial charge in [0.2, 0.25) is 10.0 Å². The quantitative estimate of drug-likeness (QED) is 0.725. The zero-order chi connectivity index (χ0) is 16.0. The maximum atomic E-state index is 12.3. The number of nitrogens with one attached hydrogen (secondary N) is 2. The Kier molecular flexibility index (Phi) is 6.86. The van der Waals surface area contributed by atoms with E-state index in [4.69, 9.17) is 9.15 Å². The van der Waals surface area contributed by atoms with Crippen LogP contribution >= 0.6 is 0 Å². The van der Waals surface area contributed by atoms with E-state index in [0.29, 0.717) is 37.3 Å². The van der Waals surface area contributed by atoms with E-state index in [1.807, 2.05) is 20.8 Å². The number of hydrogen-bond acceptors (Lipinski definition) is 5. The Morgan fingerprint density at radius 1 is 1.33 bits per heavy atom. The van der Waals surface area contributed by atoms with Crippen LogP contribution in [0.25, 0.3) is 0 Å². The lowest BCUT2D eigenvalue weighted by molar-refractivity contribution is 0.133. The molecule has 1 aromatic rings. The van der Waals surface area contributed by atoms with E-state index in [-0.39, 0.29) is 10.9 Å². The smallest absolute Gasteiger partial charge is 0.244 e. The van der Waals surface area contributed by atoms with E-state index >= 15 is 0 Å². The lowest BCUT2D eigenvalue weighted by atomic mass is 10.3. The van der Waals surface area contributed by atoms with Crippen molar-refractivity contribution in [2.75, 3.05) is 13.2 Å². The first-order chi connectivity index (χ1) is 9.76. The lowest BCUT2D eigenvalue weighted by Crippen LogP contribution is -2.36. The van der Waals surface area contributed by atoms with E-state index in [9.17, 15) is 8.42 Å². The number of furan rings is 1. The Morgan fingerprint density at radius 3 is 2.57 bits per heavy atom. The molecule has 1 atom stereocenters. The highest BCUT2D eigenvalue weighted by Gasteiger charge is 2.23. The van der Waals surface area contributed by atoms with Crippen LogP contribution in [-0.4, -0.2) is 33.7 Å². The lowest BCUT2D eigenvalue weighted by Gasteiger charge is -2.13. The van der Waals surface area contributed by atoms with Gasteiger partial charge in [0.05, 0.1) is 13.2 Å². The van der Waals surface area contributed by atoms with Gasteiger partial charge in [0.1, 0.15) is 16.4 Å². The Hall–Kier alpha value is -0.890. The fourth-order valence-corrected chi connectivity index (χ4v) is 3.27. The molecule has 0 saturated carbocycles. The molecule has 1 aromatic heterocycles. The summed E-state index contributed by atoms with van der Waals surface area (Å²) in [6.07, 6.45) is 0. The summed E-state index contributed by atoms with van der Waals surface area (Å²) in [6, 6.07) is 1.58. The van der Waals surface area contributed by atoms with Crippen LogP contribution in [0.4, 0.5) is 0 Å². The highest BCUT2D eigenvalue weighted by atomic mass is 32.2. The molecule has 122 valence electrons. The van der Waals surface area contributed by atoms with E-state index in [2.05, 4.69) is 10.0 Å². The summed E-state index contributed by atoms with van der Waals surface area (Å²) in [6.45, 7) is 10.7. The van der Waals surface area contributed by atoms with Crippen LogP contribution in [0.3, 0.4) is 0 Å². The molecule has 0 aliphatic carbocycles. The Morgan fingerprint density at radius 2 is 2.00 bits per heavy atom. The summed E-state index contributed by atoms with van der Waals surface area (Å²) >= 11 is 0. The summed E-state index contributed by atoms with van der Waals surface area (Å²) < 4.78 is 38.0. The highest BCUT2D eigenvalue weighted by molar-refractivity contribution is 7.89. The van der Waals surface area contributed by atoms with Gasteiger partial charge in [0.25, 0.3) is 0 Å². The third-order valence-electron chi connectivity index (χ3n) is 2.83. The molecule has 2 N–H and O–H groups in total. The SMILES string of the molecule is CCOCC(C)NS(=O)(=O)c1cc(CNC(C)C)oc1C. The first kappa shape index (κ1) is 18.2. The Labute approximate surface area is 127 Å². The first-order valence-corrected chi connectivity index (χ1v) is 8.67. The van der Waals surface area contributed by atoms with Crippen LogP contribution in [0.15, 0.2) is 15.4 Å². The minimum atomic E-state index is -3.59. The van der Waals surface area contributed by atoms with E-state index in [0.717, 1.165) is 0 Å². The second-order valence-electron chi connectivity index (χ2n) is 5.35. The summed E-state index contributed by atoms with van der Waals surface area (Å²) in [5.74, 6) is 1.01. The van der Waals surface area contributed by atoms with E-state index in [1.54, 1.807) is 19.9 Å². The van der Waals surface area contributed by atoms with Crippen LogP contribution in [-0.2, 0) is 21.3 Å².